The van der Waals surface area contributed by atoms with Crippen LogP contribution in [0.1, 0.15) is 56.8 Å². The molecule has 0 saturated carbocycles. The third-order valence-corrected chi connectivity index (χ3v) is 3.84. The first-order chi connectivity index (χ1) is 9.63. The lowest BCUT2D eigenvalue weighted by Gasteiger charge is -2.28. The van der Waals surface area contributed by atoms with Gasteiger partial charge >= 0.3 is 0 Å². The Morgan fingerprint density at radius 3 is 2.65 bits per heavy atom. The molecule has 3 heteroatoms. The van der Waals surface area contributed by atoms with Crippen LogP contribution in [-0.2, 0) is 4.74 Å². The highest BCUT2D eigenvalue weighted by molar-refractivity contribution is 5.29. The lowest BCUT2D eigenvalue weighted by Crippen LogP contribution is -2.20. The van der Waals surface area contributed by atoms with E-state index in [1.807, 2.05) is 13.0 Å². The molecule has 1 rings (SSSR count). The van der Waals surface area contributed by atoms with Crippen LogP contribution in [-0.4, -0.2) is 13.2 Å². The summed E-state index contributed by atoms with van der Waals surface area (Å²) in [6.45, 7) is 7.39. The Morgan fingerprint density at radius 2 is 2.05 bits per heavy atom. The molecule has 0 radical (unpaired) electrons. The van der Waals surface area contributed by atoms with E-state index in [1.54, 1.807) is 6.07 Å². The highest BCUT2D eigenvalue weighted by Gasteiger charge is 2.24. The van der Waals surface area contributed by atoms with Crippen molar-refractivity contribution in [2.24, 2.45) is 11.7 Å². The molecule has 114 valence electrons. The fourth-order valence-electron chi connectivity index (χ4n) is 2.63. The lowest BCUT2D eigenvalue weighted by atomic mass is 9.87. The van der Waals surface area contributed by atoms with Crippen LogP contribution in [0.15, 0.2) is 18.2 Å². The molecule has 2 atom stereocenters. The number of nitrogens with two attached hydrogens (primary N) is 1. The van der Waals surface area contributed by atoms with Gasteiger partial charge in [0.05, 0.1) is 12.7 Å². The van der Waals surface area contributed by atoms with E-state index in [4.69, 9.17) is 10.5 Å². The van der Waals surface area contributed by atoms with Crippen molar-refractivity contribution in [2.45, 2.75) is 52.6 Å². The van der Waals surface area contributed by atoms with E-state index >= 15 is 0 Å². The Hall–Kier alpha value is -0.930. The second-order valence-electron chi connectivity index (χ2n) is 5.39. The van der Waals surface area contributed by atoms with Crippen LogP contribution in [0.2, 0.25) is 0 Å². The van der Waals surface area contributed by atoms with Gasteiger partial charge in [0.15, 0.2) is 0 Å². The first-order valence-electron chi connectivity index (χ1n) is 7.71. The average molecular weight is 281 g/mol. The van der Waals surface area contributed by atoms with Crippen LogP contribution in [0, 0.1) is 18.7 Å². The zero-order valence-corrected chi connectivity index (χ0v) is 13.0. The number of hydrogen-bond donors (Lipinski definition) is 1. The fourth-order valence-corrected chi connectivity index (χ4v) is 2.63. The number of rotatable bonds is 9. The maximum Gasteiger partial charge on any atom is 0.123 e. The summed E-state index contributed by atoms with van der Waals surface area (Å²) in [6, 6.07) is 4.95. The second-order valence-corrected chi connectivity index (χ2v) is 5.39. The van der Waals surface area contributed by atoms with Crippen LogP contribution in [0.4, 0.5) is 4.39 Å². The standard InChI is InChI=1S/C17H28FNO/c1-4-6-7-14(5-2)17(20-11-10-19)16-12-15(18)9-8-13(16)3/h8-9,12,14,17H,4-7,10-11,19H2,1-3H3/t14-,17+/m0/s1. The van der Waals surface area contributed by atoms with Crippen molar-refractivity contribution < 1.29 is 9.13 Å². The van der Waals surface area contributed by atoms with Crippen molar-refractivity contribution in [3.8, 4) is 0 Å². The Labute approximate surface area is 122 Å². The smallest absolute Gasteiger partial charge is 0.123 e. The van der Waals surface area contributed by atoms with Crippen molar-refractivity contribution in [1.82, 2.24) is 0 Å². The monoisotopic (exact) mass is 281 g/mol. The van der Waals surface area contributed by atoms with Gasteiger partial charge in [-0.25, -0.2) is 4.39 Å². The molecular formula is C17H28FNO. The Kier molecular flexibility index (Phi) is 7.78. The summed E-state index contributed by atoms with van der Waals surface area (Å²) in [4.78, 5) is 0. The van der Waals surface area contributed by atoms with Crippen molar-refractivity contribution >= 4 is 0 Å². The Balaban J connectivity index is 2.99. The third-order valence-electron chi connectivity index (χ3n) is 3.84. The topological polar surface area (TPSA) is 35.2 Å². The van der Waals surface area contributed by atoms with Crippen LogP contribution >= 0.6 is 0 Å². The number of hydrogen-bond acceptors (Lipinski definition) is 2. The summed E-state index contributed by atoms with van der Waals surface area (Å²) >= 11 is 0. The van der Waals surface area contributed by atoms with Crippen LogP contribution in [0.5, 0.6) is 0 Å². The number of benzene rings is 1. The maximum absolute atomic E-state index is 13.6. The molecule has 2 N–H and O–H groups in total. The van der Waals surface area contributed by atoms with E-state index in [-0.39, 0.29) is 11.9 Å². The highest BCUT2D eigenvalue weighted by Crippen LogP contribution is 2.34. The molecule has 0 aliphatic heterocycles. The minimum absolute atomic E-state index is 0.0502. The molecule has 0 aliphatic carbocycles. The number of ether oxygens (including phenoxy) is 1. The normalized spacial score (nSPS) is 14.2. The molecule has 2 nitrogen and oxygen atoms in total. The molecule has 0 aliphatic rings. The van der Waals surface area contributed by atoms with Gasteiger partial charge in [-0.15, -0.1) is 0 Å². The summed E-state index contributed by atoms with van der Waals surface area (Å²) < 4.78 is 19.5. The van der Waals surface area contributed by atoms with E-state index in [0.29, 0.717) is 19.1 Å². The van der Waals surface area contributed by atoms with Gasteiger partial charge < -0.3 is 10.5 Å². The van der Waals surface area contributed by atoms with Gasteiger partial charge in [-0.05, 0) is 42.5 Å². The largest absolute Gasteiger partial charge is 0.372 e. The van der Waals surface area contributed by atoms with E-state index < -0.39 is 0 Å². The lowest BCUT2D eigenvalue weighted by molar-refractivity contribution is 0.00942. The number of unbranched alkanes of at least 4 members (excludes halogenated alkanes) is 1. The fraction of sp³-hybridized carbons (Fsp3) is 0.647. The quantitative estimate of drug-likeness (QED) is 0.729. The molecule has 0 unspecified atom stereocenters. The molecule has 0 aromatic heterocycles. The van der Waals surface area contributed by atoms with Gasteiger partial charge in [-0.1, -0.05) is 39.2 Å². The molecule has 0 bridgehead atoms. The average Bonchev–Trinajstić information content (AvgIpc) is 2.45. The van der Waals surface area contributed by atoms with Gasteiger partial charge in [0.1, 0.15) is 5.82 Å². The molecule has 0 amide bonds. The third kappa shape index (κ3) is 4.88. The first kappa shape index (κ1) is 17.1. The van der Waals surface area contributed by atoms with E-state index in [0.717, 1.165) is 24.0 Å². The van der Waals surface area contributed by atoms with Crippen molar-refractivity contribution in [1.29, 1.82) is 0 Å². The predicted molar refractivity (Wildman–Crippen MR) is 82.2 cm³/mol. The second kappa shape index (κ2) is 9.09. The van der Waals surface area contributed by atoms with Gasteiger partial charge in [-0.3, -0.25) is 0 Å². The number of aryl methyl sites for hydroxylation is 1. The summed E-state index contributed by atoms with van der Waals surface area (Å²) in [5.41, 5.74) is 7.63. The molecule has 0 spiro atoms. The van der Waals surface area contributed by atoms with Gasteiger partial charge in [0.2, 0.25) is 0 Å². The SMILES string of the molecule is CCCC[C@H](CC)[C@@H](OCCN)c1cc(F)ccc1C. The van der Waals surface area contributed by atoms with E-state index in [9.17, 15) is 4.39 Å². The molecule has 0 heterocycles. The van der Waals surface area contributed by atoms with Crippen molar-refractivity contribution in [3.05, 3.63) is 35.1 Å². The van der Waals surface area contributed by atoms with E-state index in [2.05, 4.69) is 13.8 Å². The molecule has 20 heavy (non-hydrogen) atoms. The Morgan fingerprint density at radius 1 is 1.30 bits per heavy atom. The first-order valence-corrected chi connectivity index (χ1v) is 7.71. The predicted octanol–water partition coefficient (Wildman–Crippen LogP) is 4.37. The van der Waals surface area contributed by atoms with Gasteiger partial charge in [-0.2, -0.15) is 0 Å². The van der Waals surface area contributed by atoms with Crippen molar-refractivity contribution in [3.63, 3.8) is 0 Å². The zero-order valence-electron chi connectivity index (χ0n) is 13.0. The molecule has 1 aromatic rings. The molecule has 0 fully saturated rings. The van der Waals surface area contributed by atoms with Crippen LogP contribution in [0.3, 0.4) is 0 Å². The number of halogens is 1. The zero-order chi connectivity index (χ0) is 15.0. The van der Waals surface area contributed by atoms with Crippen LogP contribution < -0.4 is 5.73 Å². The highest BCUT2D eigenvalue weighted by atomic mass is 19.1. The summed E-state index contributed by atoms with van der Waals surface area (Å²) in [7, 11) is 0. The molecule has 0 saturated heterocycles. The minimum atomic E-state index is -0.197. The van der Waals surface area contributed by atoms with Gasteiger partial charge in [0.25, 0.3) is 0 Å². The van der Waals surface area contributed by atoms with E-state index in [1.165, 1.54) is 18.9 Å². The summed E-state index contributed by atoms with van der Waals surface area (Å²) in [5, 5.41) is 0. The molecule has 1 aromatic carbocycles. The molecular weight excluding hydrogens is 253 g/mol. The van der Waals surface area contributed by atoms with Crippen molar-refractivity contribution in [2.75, 3.05) is 13.2 Å². The maximum atomic E-state index is 13.6. The summed E-state index contributed by atoms with van der Waals surface area (Å²) in [6.07, 6.45) is 4.44. The van der Waals surface area contributed by atoms with Gasteiger partial charge in [0, 0.05) is 6.54 Å². The Bertz CT molecular complexity index is 395. The minimum Gasteiger partial charge on any atom is -0.372 e. The van der Waals surface area contributed by atoms with Crippen LogP contribution in [0.25, 0.3) is 0 Å². The summed E-state index contributed by atoms with van der Waals surface area (Å²) in [5.74, 6) is 0.222.